The van der Waals surface area contributed by atoms with E-state index in [4.69, 9.17) is 11.6 Å². The highest BCUT2D eigenvalue weighted by atomic mass is 35.5. The zero-order chi connectivity index (χ0) is 23.3. The number of nitrogens with zero attached hydrogens (tertiary/aromatic N) is 4. The molecule has 0 fully saturated rings. The van der Waals surface area contributed by atoms with Gasteiger partial charge < -0.3 is 4.90 Å². The molecule has 9 heteroatoms. The van der Waals surface area contributed by atoms with E-state index in [0.29, 0.717) is 37.7 Å². The van der Waals surface area contributed by atoms with Crippen LogP contribution in [0.5, 0.6) is 0 Å². The van der Waals surface area contributed by atoms with Crippen LogP contribution in [0.25, 0.3) is 10.6 Å². The summed E-state index contributed by atoms with van der Waals surface area (Å²) in [4.78, 5) is 30.2. The monoisotopic (exact) mass is 496 g/mol. The Morgan fingerprint density at radius 2 is 1.73 bits per heavy atom. The van der Waals surface area contributed by atoms with E-state index in [1.807, 2.05) is 19.1 Å². The van der Waals surface area contributed by atoms with E-state index in [1.165, 1.54) is 16.3 Å². The number of thiazole rings is 1. The molecule has 0 saturated heterocycles. The van der Waals surface area contributed by atoms with Crippen molar-refractivity contribution in [2.24, 2.45) is 5.10 Å². The second-order valence-electron chi connectivity index (χ2n) is 7.56. The number of carbonyl (C=O) groups is 1. The molecule has 0 atom stereocenters. The molecule has 0 saturated carbocycles. The van der Waals surface area contributed by atoms with E-state index >= 15 is 0 Å². The van der Waals surface area contributed by atoms with Gasteiger partial charge in [-0.25, -0.2) is 0 Å². The molecule has 0 radical (unpaired) electrons. The molecule has 1 aromatic heterocycles. The molecule has 1 amide bonds. The molecule has 3 heterocycles. The average Bonchev–Trinajstić information content (AvgIpc) is 3.44. The number of anilines is 2. The summed E-state index contributed by atoms with van der Waals surface area (Å²) in [6, 6.07) is 15.1. The van der Waals surface area contributed by atoms with Crippen LogP contribution in [0, 0.1) is 0 Å². The van der Waals surface area contributed by atoms with E-state index in [9.17, 15) is 9.59 Å². The molecule has 168 valence electrons. The van der Waals surface area contributed by atoms with Crippen LogP contribution in [-0.4, -0.2) is 22.7 Å². The summed E-state index contributed by atoms with van der Waals surface area (Å²) in [5.74, 6) is -0.246. The minimum absolute atomic E-state index is 0.0794. The fourth-order valence-corrected chi connectivity index (χ4v) is 6.83. The smallest absolute Gasteiger partial charge is 0.283 e. The van der Waals surface area contributed by atoms with Gasteiger partial charge in [-0.1, -0.05) is 35.5 Å². The average molecular weight is 497 g/mol. The van der Waals surface area contributed by atoms with Gasteiger partial charge in [-0.3, -0.25) is 14.2 Å². The van der Waals surface area contributed by atoms with E-state index < -0.39 is 0 Å². The van der Waals surface area contributed by atoms with Gasteiger partial charge in [0.15, 0.2) is 0 Å². The van der Waals surface area contributed by atoms with Crippen molar-refractivity contribution in [2.75, 3.05) is 16.5 Å². The van der Waals surface area contributed by atoms with E-state index in [2.05, 4.69) is 29.1 Å². The molecule has 33 heavy (non-hydrogen) atoms. The predicted molar refractivity (Wildman–Crippen MR) is 138 cm³/mol. The Balaban J connectivity index is 1.72. The van der Waals surface area contributed by atoms with Crippen LogP contribution in [0.1, 0.15) is 20.8 Å². The second kappa shape index (κ2) is 8.52. The Morgan fingerprint density at radius 1 is 1.00 bits per heavy atom. The highest BCUT2D eigenvalue weighted by Gasteiger charge is 2.32. The lowest BCUT2D eigenvalue weighted by Gasteiger charge is -2.16. The first-order chi connectivity index (χ1) is 15.9. The molecule has 0 spiro atoms. The number of rotatable bonds is 3. The highest BCUT2D eigenvalue weighted by molar-refractivity contribution is 8.08. The lowest BCUT2D eigenvalue weighted by molar-refractivity contribution is -0.112. The largest absolute Gasteiger partial charge is 0.334 e. The summed E-state index contributed by atoms with van der Waals surface area (Å²) in [7, 11) is 0. The Hall–Kier alpha value is -2.81. The summed E-state index contributed by atoms with van der Waals surface area (Å²) in [5, 5.41) is 7.37. The summed E-state index contributed by atoms with van der Waals surface area (Å²) >= 11 is 8.97. The van der Waals surface area contributed by atoms with Gasteiger partial charge in [0.1, 0.15) is 14.2 Å². The third kappa shape index (κ3) is 3.53. The molecular weight excluding hydrogens is 476 g/mol. The number of benzene rings is 2. The van der Waals surface area contributed by atoms with Crippen molar-refractivity contribution in [1.82, 2.24) is 4.57 Å². The Bertz CT molecular complexity index is 1490. The molecular formula is C24H21ClN4O2S2. The first-order valence-corrected chi connectivity index (χ1v) is 12.6. The molecule has 2 aromatic carbocycles. The van der Waals surface area contributed by atoms with Crippen molar-refractivity contribution in [3.05, 3.63) is 73.1 Å². The van der Waals surface area contributed by atoms with Gasteiger partial charge in [0.05, 0.1) is 22.7 Å². The van der Waals surface area contributed by atoms with Crippen LogP contribution in [0.3, 0.4) is 0 Å². The molecule has 6 nitrogen and oxygen atoms in total. The van der Waals surface area contributed by atoms with Gasteiger partial charge >= 0.3 is 0 Å². The van der Waals surface area contributed by atoms with Gasteiger partial charge in [0.2, 0.25) is 0 Å². The Kier molecular flexibility index (Phi) is 5.68. The van der Waals surface area contributed by atoms with Crippen LogP contribution in [0.2, 0.25) is 5.02 Å². The zero-order valence-electron chi connectivity index (χ0n) is 18.3. The number of hydrogen-bond acceptors (Lipinski definition) is 6. The van der Waals surface area contributed by atoms with Crippen molar-refractivity contribution in [1.29, 1.82) is 0 Å². The lowest BCUT2D eigenvalue weighted by Crippen LogP contribution is -2.35. The number of hydrogen-bond donors (Lipinski definition) is 0. The fraction of sp³-hybridized carbons (Fsp3) is 0.208. The van der Waals surface area contributed by atoms with Gasteiger partial charge in [0.25, 0.3) is 11.5 Å². The van der Waals surface area contributed by atoms with E-state index in [1.54, 1.807) is 47.5 Å². The SMILES string of the molecule is CCN1/C(=c2/s/c(=C3\C(=O)N(c4ccc(Cl)cc4)N=C3C)n(CC)c2=O)Sc2ccccc21. The summed E-state index contributed by atoms with van der Waals surface area (Å²) in [6.45, 7) is 7.01. The normalized spacial score (nSPS) is 18.8. The van der Waals surface area contributed by atoms with Crippen LogP contribution in [0.4, 0.5) is 11.4 Å². The van der Waals surface area contributed by atoms with Gasteiger partial charge in [0, 0.05) is 23.0 Å². The minimum atomic E-state index is -0.246. The number of fused-ring (bicyclic) bond motifs is 1. The molecule has 3 aromatic rings. The molecule has 2 aliphatic rings. The number of para-hydroxylation sites is 1. The molecule has 0 unspecified atom stereocenters. The first-order valence-electron chi connectivity index (χ1n) is 10.6. The minimum Gasteiger partial charge on any atom is -0.334 e. The number of amides is 1. The van der Waals surface area contributed by atoms with Crippen molar-refractivity contribution in [2.45, 2.75) is 32.2 Å². The van der Waals surface area contributed by atoms with Crippen molar-refractivity contribution < 1.29 is 4.79 Å². The molecule has 0 N–H and O–H groups in total. The number of thioether (sulfide) groups is 1. The standard InChI is InChI=1S/C24H21ClN4O2S2/c1-4-27-17-8-6-7-9-18(17)32-24(27)20-22(31)28(5-2)23(33-20)19-14(3)26-29(21(19)30)16-12-10-15(25)11-13-16/h6-13H,4-5H2,1-3H3/b23-19-,24-20-. The van der Waals surface area contributed by atoms with Crippen LogP contribution >= 0.6 is 34.7 Å². The van der Waals surface area contributed by atoms with Crippen LogP contribution in [0.15, 0.2) is 63.3 Å². The number of carbonyl (C=O) groups excluding carboxylic acids is 1. The highest BCUT2D eigenvalue weighted by Crippen LogP contribution is 2.45. The predicted octanol–water partition coefficient (Wildman–Crippen LogP) is 3.85. The maximum atomic E-state index is 13.5. The van der Waals surface area contributed by atoms with Crippen LogP contribution < -0.4 is 24.7 Å². The third-order valence-corrected chi connectivity index (χ3v) is 8.38. The van der Waals surface area contributed by atoms with Crippen molar-refractivity contribution >= 4 is 68.3 Å². The second-order valence-corrected chi connectivity index (χ2v) is 10.0. The molecule has 2 aliphatic heterocycles. The topological polar surface area (TPSA) is 57.9 Å². The Labute approximate surface area is 204 Å². The number of aromatic nitrogens is 1. The number of halogens is 1. The van der Waals surface area contributed by atoms with Crippen molar-refractivity contribution in [3.8, 4) is 0 Å². The fourth-order valence-electron chi connectivity index (χ4n) is 4.05. The lowest BCUT2D eigenvalue weighted by atomic mass is 10.2. The summed E-state index contributed by atoms with van der Waals surface area (Å²) < 4.78 is 2.97. The van der Waals surface area contributed by atoms with E-state index in [-0.39, 0.29) is 11.5 Å². The maximum Gasteiger partial charge on any atom is 0.283 e. The van der Waals surface area contributed by atoms with Crippen LogP contribution in [-0.2, 0) is 11.3 Å². The number of hydrazone groups is 1. The summed E-state index contributed by atoms with van der Waals surface area (Å²) in [5.41, 5.74) is 2.71. The van der Waals surface area contributed by atoms with Crippen molar-refractivity contribution in [3.63, 3.8) is 0 Å². The third-order valence-electron chi connectivity index (χ3n) is 5.62. The van der Waals surface area contributed by atoms with Gasteiger partial charge in [-0.2, -0.15) is 10.1 Å². The van der Waals surface area contributed by atoms with Gasteiger partial charge in [-0.15, -0.1) is 11.3 Å². The maximum absolute atomic E-state index is 13.5. The Morgan fingerprint density at radius 3 is 2.42 bits per heavy atom. The molecule has 0 bridgehead atoms. The quantitative estimate of drug-likeness (QED) is 0.552. The van der Waals surface area contributed by atoms with E-state index in [0.717, 1.165) is 22.2 Å². The molecule has 0 aliphatic carbocycles. The molecule has 5 rings (SSSR count). The van der Waals surface area contributed by atoms with Gasteiger partial charge in [-0.05, 0) is 57.2 Å². The first kappa shape index (κ1) is 22.0. The summed E-state index contributed by atoms with van der Waals surface area (Å²) in [6.07, 6.45) is 0. The zero-order valence-corrected chi connectivity index (χ0v) is 20.7.